The Morgan fingerprint density at radius 1 is 0.583 bits per heavy atom. The summed E-state index contributed by atoms with van der Waals surface area (Å²) >= 11 is 0. The second-order valence-corrected chi connectivity index (χ2v) is 8.10. The fraction of sp³-hybridized carbons (Fsp3) is 0.111. The standard InChI is InChI=1S/C27H16F8O/c1-13-3-5-15(6-4-13)16-7-8-18(19(28)9-16)17-10-20(29)24(21(30)11-17)27(34,35)36-23-12-22(31)26(33)25(32)14(23)2/h3-12H,1-2H3. The molecule has 1 nitrogen and oxygen atoms in total. The molecule has 186 valence electrons. The van der Waals surface area contributed by atoms with Gasteiger partial charge >= 0.3 is 6.11 Å². The van der Waals surface area contributed by atoms with Crippen LogP contribution in [0.4, 0.5) is 35.1 Å². The van der Waals surface area contributed by atoms with Gasteiger partial charge < -0.3 is 4.74 Å². The van der Waals surface area contributed by atoms with Crippen molar-refractivity contribution in [3.63, 3.8) is 0 Å². The minimum absolute atomic E-state index is 0.136. The van der Waals surface area contributed by atoms with E-state index < -0.39 is 57.9 Å². The molecule has 0 heterocycles. The molecular weight excluding hydrogens is 492 g/mol. The van der Waals surface area contributed by atoms with E-state index in [0.29, 0.717) is 23.3 Å². The quantitative estimate of drug-likeness (QED) is 0.194. The molecule has 0 aliphatic carbocycles. The zero-order chi connectivity index (χ0) is 26.4. The number of hydrogen-bond donors (Lipinski definition) is 0. The number of halogens is 8. The van der Waals surface area contributed by atoms with Crippen molar-refractivity contribution in [3.05, 3.63) is 112 Å². The molecule has 9 heteroatoms. The number of benzene rings is 4. The molecule has 36 heavy (non-hydrogen) atoms. The van der Waals surface area contributed by atoms with Crippen molar-refractivity contribution >= 4 is 0 Å². The molecule has 0 aromatic heterocycles. The van der Waals surface area contributed by atoms with Crippen LogP contribution in [0, 0.1) is 48.8 Å². The smallest absolute Gasteiger partial charge is 0.428 e. The number of rotatable bonds is 5. The summed E-state index contributed by atoms with van der Waals surface area (Å²) in [6.45, 7) is 2.70. The summed E-state index contributed by atoms with van der Waals surface area (Å²) in [6.07, 6.45) is -4.75. The monoisotopic (exact) mass is 508 g/mol. The van der Waals surface area contributed by atoms with Crippen molar-refractivity contribution < 1.29 is 39.9 Å². The van der Waals surface area contributed by atoms with Gasteiger partial charge in [-0.1, -0.05) is 42.0 Å². The Hall–Kier alpha value is -3.88. The molecule has 0 radical (unpaired) electrons. The van der Waals surface area contributed by atoms with Crippen LogP contribution in [0.15, 0.2) is 60.7 Å². The van der Waals surface area contributed by atoms with E-state index >= 15 is 0 Å². The summed E-state index contributed by atoms with van der Waals surface area (Å²) < 4.78 is 118. The van der Waals surface area contributed by atoms with Crippen molar-refractivity contribution in [2.75, 3.05) is 0 Å². The van der Waals surface area contributed by atoms with Gasteiger partial charge in [-0.2, -0.15) is 8.78 Å². The van der Waals surface area contributed by atoms with Gasteiger partial charge in [-0.3, -0.25) is 0 Å². The maximum absolute atomic E-state index is 14.8. The van der Waals surface area contributed by atoms with Crippen LogP contribution in [0.1, 0.15) is 16.7 Å². The van der Waals surface area contributed by atoms with Gasteiger partial charge in [-0.25, -0.2) is 26.3 Å². The summed E-state index contributed by atoms with van der Waals surface area (Å²) in [7, 11) is 0. The van der Waals surface area contributed by atoms with E-state index in [2.05, 4.69) is 4.74 Å². The Morgan fingerprint density at radius 3 is 1.72 bits per heavy atom. The zero-order valence-electron chi connectivity index (χ0n) is 18.7. The van der Waals surface area contributed by atoms with E-state index in [-0.39, 0.29) is 17.2 Å². The largest absolute Gasteiger partial charge is 0.432 e. The first-order valence-corrected chi connectivity index (χ1v) is 10.5. The fourth-order valence-electron chi connectivity index (χ4n) is 3.64. The first-order valence-electron chi connectivity index (χ1n) is 10.5. The lowest BCUT2D eigenvalue weighted by Gasteiger charge is -2.21. The Bertz CT molecular complexity index is 1440. The molecule has 0 saturated carbocycles. The molecule has 0 aliphatic rings. The van der Waals surface area contributed by atoms with Gasteiger partial charge in [0.1, 0.15) is 28.8 Å². The van der Waals surface area contributed by atoms with Gasteiger partial charge in [-0.15, -0.1) is 0 Å². The van der Waals surface area contributed by atoms with Crippen molar-refractivity contribution in [2.24, 2.45) is 0 Å². The van der Waals surface area contributed by atoms with E-state index in [4.69, 9.17) is 0 Å². The summed E-state index contributed by atoms with van der Waals surface area (Å²) in [6, 6.07) is 12.2. The van der Waals surface area contributed by atoms with Gasteiger partial charge in [0.05, 0.1) is 0 Å². The lowest BCUT2D eigenvalue weighted by molar-refractivity contribution is -0.190. The molecule has 4 aromatic rings. The van der Waals surface area contributed by atoms with Crippen molar-refractivity contribution in [1.29, 1.82) is 0 Å². The minimum Gasteiger partial charge on any atom is -0.428 e. The molecule has 4 aromatic carbocycles. The SMILES string of the molecule is Cc1ccc(-c2ccc(-c3cc(F)c(C(F)(F)Oc4cc(F)c(F)c(F)c4C)c(F)c3)c(F)c2)cc1. The maximum Gasteiger partial charge on any atom is 0.432 e. The summed E-state index contributed by atoms with van der Waals surface area (Å²) in [4.78, 5) is 0. The molecular formula is C27H16F8O. The van der Waals surface area contributed by atoms with Crippen LogP contribution >= 0.6 is 0 Å². The van der Waals surface area contributed by atoms with E-state index in [9.17, 15) is 35.1 Å². The fourth-order valence-corrected chi connectivity index (χ4v) is 3.64. The zero-order valence-corrected chi connectivity index (χ0v) is 18.7. The first kappa shape index (κ1) is 25.2. The van der Waals surface area contributed by atoms with E-state index in [1.165, 1.54) is 12.1 Å². The highest BCUT2D eigenvalue weighted by molar-refractivity contribution is 5.71. The Kier molecular flexibility index (Phi) is 6.51. The molecule has 0 bridgehead atoms. The first-order chi connectivity index (χ1) is 16.9. The Morgan fingerprint density at radius 2 is 1.14 bits per heavy atom. The lowest BCUT2D eigenvalue weighted by Crippen LogP contribution is -2.26. The van der Waals surface area contributed by atoms with E-state index in [0.717, 1.165) is 18.6 Å². The highest BCUT2D eigenvalue weighted by atomic mass is 19.3. The van der Waals surface area contributed by atoms with Gasteiger partial charge in [0, 0.05) is 17.2 Å². The predicted octanol–water partition coefficient (Wildman–Crippen LogP) is 8.60. The molecule has 0 fully saturated rings. The Labute approximate surface area is 200 Å². The highest BCUT2D eigenvalue weighted by Gasteiger charge is 2.42. The molecule has 4 rings (SSSR count). The average molecular weight is 508 g/mol. The summed E-state index contributed by atoms with van der Waals surface area (Å²) in [5, 5.41) is 0. The van der Waals surface area contributed by atoms with Gasteiger partial charge in [0.2, 0.25) is 0 Å². The van der Waals surface area contributed by atoms with Crippen LogP contribution in [0.25, 0.3) is 22.3 Å². The normalized spacial score (nSPS) is 11.6. The number of aryl methyl sites for hydroxylation is 1. The summed E-state index contributed by atoms with van der Waals surface area (Å²) in [5.41, 5.74) is -1.14. The third kappa shape index (κ3) is 4.65. The van der Waals surface area contributed by atoms with Gasteiger partial charge in [-0.05, 0) is 48.7 Å². The van der Waals surface area contributed by atoms with Crippen molar-refractivity contribution in [1.82, 2.24) is 0 Å². The minimum atomic E-state index is -4.75. The predicted molar refractivity (Wildman–Crippen MR) is 118 cm³/mol. The Balaban J connectivity index is 1.69. The number of ether oxygens (including phenoxy) is 1. The van der Waals surface area contributed by atoms with Crippen LogP contribution < -0.4 is 4.74 Å². The van der Waals surface area contributed by atoms with Crippen LogP contribution in [0.5, 0.6) is 5.75 Å². The van der Waals surface area contributed by atoms with Crippen molar-refractivity contribution in [2.45, 2.75) is 20.0 Å². The molecule has 0 amide bonds. The van der Waals surface area contributed by atoms with Crippen molar-refractivity contribution in [3.8, 4) is 28.0 Å². The highest BCUT2D eigenvalue weighted by Crippen LogP contribution is 2.39. The van der Waals surface area contributed by atoms with Crippen LogP contribution in [-0.2, 0) is 6.11 Å². The maximum atomic E-state index is 14.8. The average Bonchev–Trinajstić information content (AvgIpc) is 2.80. The van der Waals surface area contributed by atoms with Gasteiger partial charge in [0.15, 0.2) is 17.5 Å². The van der Waals surface area contributed by atoms with E-state index in [1.807, 2.05) is 19.1 Å². The number of hydrogen-bond acceptors (Lipinski definition) is 1. The van der Waals surface area contributed by atoms with E-state index in [1.54, 1.807) is 12.1 Å². The second-order valence-electron chi connectivity index (χ2n) is 8.10. The molecule has 0 spiro atoms. The lowest BCUT2D eigenvalue weighted by atomic mass is 9.98. The van der Waals surface area contributed by atoms with Crippen LogP contribution in [-0.4, -0.2) is 0 Å². The topological polar surface area (TPSA) is 9.23 Å². The number of alkyl halides is 2. The molecule has 0 unspecified atom stereocenters. The summed E-state index contributed by atoms with van der Waals surface area (Å²) in [5.74, 6) is -11.1. The third-order valence-corrected chi connectivity index (χ3v) is 5.60. The molecule has 0 atom stereocenters. The second kappa shape index (κ2) is 9.29. The van der Waals surface area contributed by atoms with Crippen LogP contribution in [0.2, 0.25) is 0 Å². The van der Waals surface area contributed by atoms with Crippen LogP contribution in [0.3, 0.4) is 0 Å². The molecule has 0 N–H and O–H groups in total. The molecule has 0 saturated heterocycles. The molecule has 0 aliphatic heterocycles. The van der Waals surface area contributed by atoms with Gasteiger partial charge in [0.25, 0.3) is 0 Å². The third-order valence-electron chi connectivity index (χ3n) is 5.60.